The van der Waals surface area contributed by atoms with Crippen LogP contribution in [-0.2, 0) is 4.79 Å². The van der Waals surface area contributed by atoms with Gasteiger partial charge in [0.2, 0.25) is 5.91 Å². The van der Waals surface area contributed by atoms with Crippen LogP contribution in [0.15, 0.2) is 48.5 Å². The Balaban J connectivity index is 1.95. The summed E-state index contributed by atoms with van der Waals surface area (Å²) in [6.07, 6.45) is 0.968. The Kier molecular flexibility index (Phi) is 7.41. The van der Waals surface area contributed by atoms with E-state index in [-0.39, 0.29) is 17.7 Å². The number of ether oxygens (including phenoxy) is 1. The minimum atomic E-state index is -0.205. The predicted molar refractivity (Wildman–Crippen MR) is 109 cm³/mol. The molecule has 2 aromatic rings. The van der Waals surface area contributed by atoms with Gasteiger partial charge in [-0.3, -0.25) is 9.59 Å². The van der Waals surface area contributed by atoms with Crippen molar-refractivity contribution in [1.82, 2.24) is 0 Å². The van der Waals surface area contributed by atoms with Crippen molar-refractivity contribution < 1.29 is 14.3 Å². The standard InChI is InChI=1S/C22H28N2O3/c1-15(2)12-13-27-20-7-5-6-17(14-20)22(26)24-19-10-8-18(9-11-19)23-21(25)16(3)4/h5-11,14-16H,12-13H2,1-4H3,(H,23,25)(H,24,26). The summed E-state index contributed by atoms with van der Waals surface area (Å²) in [6, 6.07) is 14.2. The van der Waals surface area contributed by atoms with Gasteiger partial charge in [-0.15, -0.1) is 0 Å². The van der Waals surface area contributed by atoms with Gasteiger partial charge in [-0.2, -0.15) is 0 Å². The minimum absolute atomic E-state index is 0.0407. The van der Waals surface area contributed by atoms with E-state index in [2.05, 4.69) is 24.5 Å². The maximum absolute atomic E-state index is 12.5. The molecular weight excluding hydrogens is 340 g/mol. The summed E-state index contributed by atoms with van der Waals surface area (Å²) < 4.78 is 5.71. The van der Waals surface area contributed by atoms with Gasteiger partial charge < -0.3 is 15.4 Å². The molecule has 144 valence electrons. The smallest absolute Gasteiger partial charge is 0.255 e. The summed E-state index contributed by atoms with van der Waals surface area (Å²) in [4.78, 5) is 24.2. The zero-order chi connectivity index (χ0) is 19.8. The lowest BCUT2D eigenvalue weighted by molar-refractivity contribution is -0.118. The van der Waals surface area contributed by atoms with Crippen LogP contribution < -0.4 is 15.4 Å². The van der Waals surface area contributed by atoms with E-state index in [1.54, 1.807) is 36.4 Å². The van der Waals surface area contributed by atoms with Crippen molar-refractivity contribution in [2.75, 3.05) is 17.2 Å². The SMILES string of the molecule is CC(C)CCOc1cccc(C(=O)Nc2ccc(NC(=O)C(C)C)cc2)c1. The molecule has 0 fully saturated rings. The molecule has 0 heterocycles. The van der Waals surface area contributed by atoms with Gasteiger partial charge >= 0.3 is 0 Å². The van der Waals surface area contributed by atoms with Crippen molar-refractivity contribution in [3.05, 3.63) is 54.1 Å². The Hall–Kier alpha value is -2.82. The Morgan fingerprint density at radius 3 is 2.15 bits per heavy atom. The lowest BCUT2D eigenvalue weighted by Gasteiger charge is -2.11. The molecule has 0 spiro atoms. The molecule has 0 aliphatic carbocycles. The molecular formula is C22H28N2O3. The van der Waals surface area contributed by atoms with Crippen molar-refractivity contribution in [2.24, 2.45) is 11.8 Å². The number of amides is 2. The summed E-state index contributed by atoms with van der Waals surface area (Å²) in [5, 5.41) is 5.68. The van der Waals surface area contributed by atoms with Crippen LogP contribution in [0.4, 0.5) is 11.4 Å². The first-order chi connectivity index (χ1) is 12.8. The molecule has 0 saturated heterocycles. The Morgan fingerprint density at radius 1 is 0.926 bits per heavy atom. The van der Waals surface area contributed by atoms with Gasteiger partial charge in [0, 0.05) is 22.9 Å². The molecule has 5 nitrogen and oxygen atoms in total. The van der Waals surface area contributed by atoms with Gasteiger partial charge in [-0.25, -0.2) is 0 Å². The Morgan fingerprint density at radius 2 is 1.56 bits per heavy atom. The molecule has 2 rings (SSSR count). The monoisotopic (exact) mass is 368 g/mol. The molecule has 0 radical (unpaired) electrons. The molecule has 27 heavy (non-hydrogen) atoms. The van der Waals surface area contributed by atoms with E-state index in [9.17, 15) is 9.59 Å². The number of rotatable bonds is 8. The van der Waals surface area contributed by atoms with Gasteiger partial charge in [0.1, 0.15) is 5.75 Å². The lowest BCUT2D eigenvalue weighted by atomic mass is 10.1. The third kappa shape index (κ3) is 6.77. The average Bonchev–Trinajstić information content (AvgIpc) is 2.63. The van der Waals surface area contributed by atoms with Gasteiger partial charge in [-0.05, 0) is 54.8 Å². The molecule has 2 amide bonds. The third-order valence-electron chi connectivity index (χ3n) is 3.99. The highest BCUT2D eigenvalue weighted by Crippen LogP contribution is 2.18. The molecule has 0 aliphatic rings. The zero-order valence-electron chi connectivity index (χ0n) is 16.4. The van der Waals surface area contributed by atoms with Crippen LogP contribution in [0.25, 0.3) is 0 Å². The van der Waals surface area contributed by atoms with Crippen molar-refractivity contribution in [2.45, 2.75) is 34.1 Å². The van der Waals surface area contributed by atoms with Crippen LogP contribution in [0, 0.1) is 11.8 Å². The van der Waals surface area contributed by atoms with Crippen LogP contribution >= 0.6 is 0 Å². The van der Waals surface area contributed by atoms with Crippen LogP contribution in [0.1, 0.15) is 44.5 Å². The van der Waals surface area contributed by atoms with E-state index in [1.165, 1.54) is 0 Å². The van der Waals surface area contributed by atoms with Gasteiger partial charge in [0.05, 0.1) is 6.61 Å². The number of anilines is 2. The lowest BCUT2D eigenvalue weighted by Crippen LogP contribution is -2.17. The van der Waals surface area contributed by atoms with E-state index >= 15 is 0 Å². The highest BCUT2D eigenvalue weighted by Gasteiger charge is 2.09. The molecule has 2 N–H and O–H groups in total. The van der Waals surface area contributed by atoms with Gasteiger partial charge in [0.25, 0.3) is 5.91 Å². The summed E-state index contributed by atoms with van der Waals surface area (Å²) in [5.41, 5.74) is 1.90. The molecule has 0 atom stereocenters. The molecule has 0 unspecified atom stereocenters. The van der Waals surface area contributed by atoms with Crippen LogP contribution in [0.2, 0.25) is 0 Å². The normalized spacial score (nSPS) is 10.7. The minimum Gasteiger partial charge on any atom is -0.494 e. The summed E-state index contributed by atoms with van der Waals surface area (Å²) >= 11 is 0. The summed E-state index contributed by atoms with van der Waals surface area (Å²) in [6.45, 7) is 8.60. The van der Waals surface area contributed by atoms with Crippen LogP contribution in [0.5, 0.6) is 5.75 Å². The maximum Gasteiger partial charge on any atom is 0.255 e. The maximum atomic E-state index is 12.5. The average molecular weight is 368 g/mol. The van der Waals surface area contributed by atoms with Crippen LogP contribution in [-0.4, -0.2) is 18.4 Å². The van der Waals surface area contributed by atoms with Crippen molar-refractivity contribution in [1.29, 1.82) is 0 Å². The Labute approximate surface area is 161 Å². The van der Waals surface area contributed by atoms with Crippen molar-refractivity contribution in [3.8, 4) is 5.75 Å². The van der Waals surface area contributed by atoms with E-state index in [0.29, 0.717) is 35.2 Å². The molecule has 0 saturated carbocycles. The predicted octanol–water partition coefficient (Wildman–Crippen LogP) is 4.96. The van der Waals surface area contributed by atoms with E-state index < -0.39 is 0 Å². The highest BCUT2D eigenvalue weighted by atomic mass is 16.5. The van der Waals surface area contributed by atoms with Crippen molar-refractivity contribution in [3.63, 3.8) is 0 Å². The number of nitrogens with one attached hydrogen (secondary N) is 2. The number of hydrogen-bond donors (Lipinski definition) is 2. The fraction of sp³-hybridized carbons (Fsp3) is 0.364. The molecule has 0 bridgehead atoms. The van der Waals surface area contributed by atoms with E-state index in [1.807, 2.05) is 26.0 Å². The second kappa shape index (κ2) is 9.76. The summed E-state index contributed by atoms with van der Waals surface area (Å²) in [7, 11) is 0. The van der Waals surface area contributed by atoms with Gasteiger partial charge in [-0.1, -0.05) is 33.8 Å². The molecule has 5 heteroatoms. The van der Waals surface area contributed by atoms with Crippen molar-refractivity contribution >= 4 is 23.2 Å². The number of benzene rings is 2. The van der Waals surface area contributed by atoms with Gasteiger partial charge in [0.15, 0.2) is 0 Å². The fourth-order valence-corrected chi connectivity index (χ4v) is 2.27. The highest BCUT2D eigenvalue weighted by molar-refractivity contribution is 6.04. The largest absolute Gasteiger partial charge is 0.494 e. The number of hydrogen-bond acceptors (Lipinski definition) is 3. The fourth-order valence-electron chi connectivity index (χ4n) is 2.27. The third-order valence-corrected chi connectivity index (χ3v) is 3.99. The van der Waals surface area contributed by atoms with E-state index in [0.717, 1.165) is 6.42 Å². The molecule has 0 aromatic heterocycles. The first-order valence-electron chi connectivity index (χ1n) is 9.30. The first-order valence-corrected chi connectivity index (χ1v) is 9.30. The number of carbonyl (C=O) groups excluding carboxylic acids is 2. The summed E-state index contributed by atoms with van der Waals surface area (Å²) in [5.74, 6) is 0.934. The zero-order valence-corrected chi connectivity index (χ0v) is 16.4. The quantitative estimate of drug-likeness (QED) is 0.692. The second-order valence-electron chi connectivity index (χ2n) is 7.23. The second-order valence-corrected chi connectivity index (χ2v) is 7.23. The van der Waals surface area contributed by atoms with E-state index in [4.69, 9.17) is 4.74 Å². The Bertz CT molecular complexity index is 767. The number of carbonyl (C=O) groups is 2. The van der Waals surface area contributed by atoms with Crippen LogP contribution in [0.3, 0.4) is 0 Å². The topological polar surface area (TPSA) is 67.4 Å². The molecule has 0 aliphatic heterocycles. The first kappa shape index (κ1) is 20.5. The molecule has 2 aromatic carbocycles.